The fraction of sp³-hybridized carbons (Fsp3) is 0.0833. The maximum Gasteiger partial charge on any atom is 0.261 e. The fourth-order valence-electron chi connectivity index (χ4n) is 2.96. The van der Waals surface area contributed by atoms with Crippen LogP contribution in [-0.4, -0.2) is 25.9 Å². The van der Waals surface area contributed by atoms with Crippen LogP contribution < -0.4 is 14.9 Å². The molecule has 0 atom stereocenters. The summed E-state index contributed by atoms with van der Waals surface area (Å²) < 4.78 is 27.9. The minimum atomic E-state index is -3.79. The summed E-state index contributed by atoms with van der Waals surface area (Å²) in [5.74, 6) is 6.63. The van der Waals surface area contributed by atoms with Crippen molar-refractivity contribution in [3.8, 4) is 11.8 Å². The third-order valence-electron chi connectivity index (χ3n) is 4.55. The molecule has 8 heteroatoms. The van der Waals surface area contributed by atoms with Gasteiger partial charge in [0.2, 0.25) is 5.91 Å². The number of amides is 1. The van der Waals surface area contributed by atoms with Gasteiger partial charge in [0.1, 0.15) is 11.5 Å². The summed E-state index contributed by atoms with van der Waals surface area (Å²) in [6.07, 6.45) is 4.01. The van der Waals surface area contributed by atoms with E-state index >= 15 is 0 Å². The molecule has 0 spiro atoms. The van der Waals surface area contributed by atoms with Gasteiger partial charge in [-0.05, 0) is 66.6 Å². The Morgan fingerprint density at radius 2 is 1.72 bits per heavy atom. The van der Waals surface area contributed by atoms with Crippen molar-refractivity contribution in [1.29, 1.82) is 0 Å². The highest BCUT2D eigenvalue weighted by Gasteiger charge is 2.14. The number of hydrogen-bond donors (Lipinski definition) is 2. The number of pyridine rings is 1. The lowest BCUT2D eigenvalue weighted by atomic mass is 10.2. The Labute approximate surface area is 186 Å². The van der Waals surface area contributed by atoms with Gasteiger partial charge < -0.3 is 10.2 Å². The highest BCUT2D eigenvalue weighted by molar-refractivity contribution is 7.92. The van der Waals surface area contributed by atoms with Crippen LogP contribution in [0.2, 0.25) is 0 Å². The molecule has 160 valence electrons. The summed E-state index contributed by atoms with van der Waals surface area (Å²) in [4.78, 5) is 17.8. The van der Waals surface area contributed by atoms with E-state index in [2.05, 4.69) is 26.9 Å². The molecular weight excluding hydrogens is 424 g/mol. The topological polar surface area (TPSA) is 91.4 Å². The Morgan fingerprint density at radius 3 is 2.41 bits per heavy atom. The second kappa shape index (κ2) is 8.96. The van der Waals surface area contributed by atoms with E-state index in [0.717, 1.165) is 12.4 Å². The Morgan fingerprint density at radius 1 is 1.00 bits per heavy atom. The first-order valence-electron chi connectivity index (χ1n) is 9.82. The van der Waals surface area contributed by atoms with Crippen LogP contribution in [0.15, 0.2) is 83.9 Å². The number of aromatic nitrogens is 1. The molecule has 32 heavy (non-hydrogen) atoms. The summed E-state index contributed by atoms with van der Waals surface area (Å²) in [7, 11) is -3.79. The highest BCUT2D eigenvalue weighted by atomic mass is 32.2. The van der Waals surface area contributed by atoms with Crippen LogP contribution >= 0.6 is 0 Å². The number of carbonyl (C=O) groups excluding carboxylic acids is 1. The van der Waals surface area contributed by atoms with Gasteiger partial charge in [-0.3, -0.25) is 9.52 Å². The fourth-order valence-corrected chi connectivity index (χ4v) is 4.01. The number of nitrogens with one attached hydrogen (secondary N) is 2. The SMILES string of the molecule is CC(=O)Nc1cccc(NS(=O)(=O)c2ccc(C#Cc3cccc(N4C=CC4)n3)cc2)c1. The number of sulfonamides is 1. The van der Waals surface area contributed by atoms with Gasteiger partial charge in [0, 0.05) is 30.9 Å². The molecule has 0 saturated carbocycles. The summed E-state index contributed by atoms with van der Waals surface area (Å²) in [5.41, 5.74) is 2.17. The van der Waals surface area contributed by atoms with Crippen molar-refractivity contribution in [2.75, 3.05) is 21.5 Å². The molecule has 0 fully saturated rings. The van der Waals surface area contributed by atoms with Crippen molar-refractivity contribution in [3.05, 3.63) is 90.3 Å². The molecule has 4 rings (SSSR count). The Balaban J connectivity index is 1.47. The molecule has 2 aromatic carbocycles. The molecule has 0 bridgehead atoms. The van der Waals surface area contributed by atoms with E-state index in [0.29, 0.717) is 22.6 Å². The van der Waals surface area contributed by atoms with Crippen molar-refractivity contribution in [3.63, 3.8) is 0 Å². The molecule has 3 aromatic rings. The maximum absolute atomic E-state index is 12.7. The van der Waals surface area contributed by atoms with Crippen LogP contribution in [-0.2, 0) is 14.8 Å². The lowest BCUT2D eigenvalue weighted by molar-refractivity contribution is -0.114. The van der Waals surface area contributed by atoms with Crippen LogP contribution in [0.4, 0.5) is 17.2 Å². The highest BCUT2D eigenvalue weighted by Crippen LogP contribution is 2.20. The molecule has 2 heterocycles. The minimum absolute atomic E-state index is 0.109. The van der Waals surface area contributed by atoms with Crippen LogP contribution in [0.25, 0.3) is 0 Å². The van der Waals surface area contributed by atoms with E-state index in [1.54, 1.807) is 36.4 Å². The van der Waals surface area contributed by atoms with Crippen LogP contribution in [0.1, 0.15) is 18.2 Å². The molecule has 1 aromatic heterocycles. The van der Waals surface area contributed by atoms with Gasteiger partial charge in [0.15, 0.2) is 0 Å². The molecule has 1 amide bonds. The van der Waals surface area contributed by atoms with Crippen LogP contribution in [0, 0.1) is 11.8 Å². The summed E-state index contributed by atoms with van der Waals surface area (Å²) in [5, 5.41) is 2.62. The van der Waals surface area contributed by atoms with Crippen molar-refractivity contribution >= 4 is 33.1 Å². The number of hydrogen-bond acceptors (Lipinski definition) is 5. The van der Waals surface area contributed by atoms with E-state index in [-0.39, 0.29) is 10.8 Å². The van der Waals surface area contributed by atoms with E-state index in [1.807, 2.05) is 35.4 Å². The first-order chi connectivity index (χ1) is 15.4. The van der Waals surface area contributed by atoms with Gasteiger partial charge in [-0.1, -0.05) is 18.1 Å². The van der Waals surface area contributed by atoms with Gasteiger partial charge in [0.25, 0.3) is 10.0 Å². The van der Waals surface area contributed by atoms with Gasteiger partial charge in [-0.25, -0.2) is 13.4 Å². The zero-order valence-electron chi connectivity index (χ0n) is 17.2. The van der Waals surface area contributed by atoms with Crippen molar-refractivity contribution < 1.29 is 13.2 Å². The van der Waals surface area contributed by atoms with E-state index in [1.165, 1.54) is 19.1 Å². The first kappa shape index (κ1) is 21.2. The monoisotopic (exact) mass is 444 g/mol. The lowest BCUT2D eigenvalue weighted by Crippen LogP contribution is -2.24. The molecule has 0 saturated heterocycles. The Bertz CT molecular complexity index is 1350. The predicted octanol–water partition coefficient (Wildman–Crippen LogP) is 3.57. The minimum Gasteiger partial charge on any atom is -0.329 e. The van der Waals surface area contributed by atoms with E-state index in [4.69, 9.17) is 0 Å². The largest absolute Gasteiger partial charge is 0.329 e. The van der Waals surface area contributed by atoms with Crippen molar-refractivity contribution in [2.45, 2.75) is 11.8 Å². The molecule has 0 aliphatic carbocycles. The van der Waals surface area contributed by atoms with Crippen LogP contribution in [0.3, 0.4) is 0 Å². The number of anilines is 3. The number of carbonyl (C=O) groups is 1. The van der Waals surface area contributed by atoms with E-state index < -0.39 is 10.0 Å². The van der Waals surface area contributed by atoms with Gasteiger partial charge in [-0.15, -0.1) is 0 Å². The normalized spacial score (nSPS) is 12.3. The molecule has 1 aliphatic heterocycles. The van der Waals surface area contributed by atoms with Crippen molar-refractivity contribution in [1.82, 2.24) is 4.98 Å². The molecule has 2 N–H and O–H groups in total. The van der Waals surface area contributed by atoms with Gasteiger partial charge in [-0.2, -0.15) is 0 Å². The Kier molecular flexibility index (Phi) is 5.92. The zero-order valence-corrected chi connectivity index (χ0v) is 18.1. The molecule has 0 unspecified atom stereocenters. The Hall–Kier alpha value is -4.09. The average molecular weight is 445 g/mol. The molecule has 1 aliphatic rings. The average Bonchev–Trinajstić information content (AvgIpc) is 2.71. The van der Waals surface area contributed by atoms with Crippen LogP contribution in [0.5, 0.6) is 0 Å². The molecular formula is C24H20N4O3S. The second-order valence-electron chi connectivity index (χ2n) is 7.06. The third-order valence-corrected chi connectivity index (χ3v) is 5.95. The molecule has 0 radical (unpaired) electrons. The van der Waals surface area contributed by atoms with Gasteiger partial charge in [0.05, 0.1) is 10.6 Å². The smallest absolute Gasteiger partial charge is 0.261 e. The predicted molar refractivity (Wildman–Crippen MR) is 125 cm³/mol. The lowest BCUT2D eigenvalue weighted by Gasteiger charge is -2.23. The maximum atomic E-state index is 12.7. The molecule has 7 nitrogen and oxygen atoms in total. The number of benzene rings is 2. The zero-order chi connectivity index (χ0) is 22.6. The second-order valence-corrected chi connectivity index (χ2v) is 8.74. The third kappa shape index (κ3) is 5.14. The van der Waals surface area contributed by atoms with E-state index in [9.17, 15) is 13.2 Å². The standard InChI is InChI=1S/C24H20N4O3S/c1-18(29)25-21-6-2-7-22(17-21)27-32(30,31)23-13-10-19(11-14-23)9-12-20-5-3-8-24(26-20)28-15-4-16-28/h2-8,10-11,13-15,17,27H,16H2,1H3,(H,25,29). The quantitative estimate of drug-likeness (QED) is 0.587. The number of rotatable bonds is 5. The van der Waals surface area contributed by atoms with Gasteiger partial charge >= 0.3 is 0 Å². The summed E-state index contributed by atoms with van der Waals surface area (Å²) >= 11 is 0. The first-order valence-corrected chi connectivity index (χ1v) is 11.3. The number of nitrogens with zero attached hydrogens (tertiary/aromatic N) is 2. The van der Waals surface area contributed by atoms with Crippen molar-refractivity contribution in [2.24, 2.45) is 0 Å². The summed E-state index contributed by atoms with van der Waals surface area (Å²) in [6, 6.07) is 18.5. The summed E-state index contributed by atoms with van der Waals surface area (Å²) in [6.45, 7) is 2.23.